The molecular weight excluding hydrogens is 297 g/mol. The molecule has 0 aromatic heterocycles. The number of nitrogens with zero attached hydrogens (tertiary/aromatic N) is 2. The summed E-state index contributed by atoms with van der Waals surface area (Å²) in [7, 11) is 0. The number of hydrogen-bond acceptors (Lipinski definition) is 3. The summed E-state index contributed by atoms with van der Waals surface area (Å²) >= 11 is 5.61. The zero-order valence-electron chi connectivity index (χ0n) is 11.8. The number of hydrogen-bond donors (Lipinski definition) is 2. The second kappa shape index (κ2) is 7.06. The Hall–Kier alpha value is -1.37. The highest BCUT2D eigenvalue weighted by molar-refractivity contribution is 6.30. The van der Waals surface area contributed by atoms with Crippen molar-refractivity contribution in [2.75, 3.05) is 26.2 Å². The summed E-state index contributed by atoms with van der Waals surface area (Å²) in [5, 5.41) is 10.0. The van der Waals surface area contributed by atoms with Crippen LogP contribution in [0.1, 0.15) is 18.6 Å². The smallest absolute Gasteiger partial charge is 0.191 e. The first-order valence-electron chi connectivity index (χ1n) is 6.77. The number of nitrogens with two attached hydrogens (primary N) is 1. The van der Waals surface area contributed by atoms with Gasteiger partial charge in [0.2, 0.25) is 0 Å². The van der Waals surface area contributed by atoms with E-state index in [1.54, 1.807) is 6.07 Å². The van der Waals surface area contributed by atoms with Gasteiger partial charge in [0.15, 0.2) is 5.96 Å². The van der Waals surface area contributed by atoms with Crippen LogP contribution in [0, 0.1) is 5.82 Å². The van der Waals surface area contributed by atoms with Crippen molar-refractivity contribution in [3.05, 3.63) is 34.6 Å². The summed E-state index contributed by atoms with van der Waals surface area (Å²) < 4.78 is 18.8. The summed E-state index contributed by atoms with van der Waals surface area (Å²) in [5.74, 6) is -0.203. The minimum atomic E-state index is -0.922. The molecule has 1 heterocycles. The van der Waals surface area contributed by atoms with Gasteiger partial charge in [-0.15, -0.1) is 0 Å². The van der Waals surface area contributed by atoms with Crippen LogP contribution < -0.4 is 5.73 Å². The third kappa shape index (κ3) is 4.30. The van der Waals surface area contributed by atoms with E-state index >= 15 is 0 Å². The van der Waals surface area contributed by atoms with Crippen LogP contribution in [0.2, 0.25) is 5.02 Å². The topological polar surface area (TPSA) is 71.1 Å². The van der Waals surface area contributed by atoms with Gasteiger partial charge in [-0.05, 0) is 24.6 Å². The number of morpholine rings is 1. The molecule has 2 rings (SSSR count). The van der Waals surface area contributed by atoms with Gasteiger partial charge in [0.05, 0.1) is 30.4 Å². The number of ether oxygens (including phenoxy) is 1. The molecule has 21 heavy (non-hydrogen) atoms. The molecule has 116 valence electrons. The van der Waals surface area contributed by atoms with Crippen molar-refractivity contribution in [3.63, 3.8) is 0 Å². The molecule has 1 aliphatic heterocycles. The van der Waals surface area contributed by atoms with E-state index in [-0.39, 0.29) is 17.7 Å². The van der Waals surface area contributed by atoms with Crippen molar-refractivity contribution in [2.45, 2.75) is 19.1 Å². The Labute approximate surface area is 128 Å². The highest BCUT2D eigenvalue weighted by Gasteiger charge is 2.18. The molecule has 1 fully saturated rings. The van der Waals surface area contributed by atoms with Gasteiger partial charge in [-0.3, -0.25) is 4.99 Å². The molecular formula is C14H19ClFN3O2. The Morgan fingerprint density at radius 1 is 1.67 bits per heavy atom. The summed E-state index contributed by atoms with van der Waals surface area (Å²) in [5.41, 5.74) is 6.33. The SMILES string of the molecule is CC1CN(C(N)=NCC(O)c2ccc(Cl)c(F)c2)CCO1. The summed E-state index contributed by atoms with van der Waals surface area (Å²) in [6.07, 6.45) is -0.823. The zero-order valence-corrected chi connectivity index (χ0v) is 12.6. The van der Waals surface area contributed by atoms with Gasteiger partial charge in [-0.1, -0.05) is 17.7 Å². The Balaban J connectivity index is 1.96. The molecule has 1 aliphatic rings. The number of aliphatic imine (C=N–C) groups is 1. The molecule has 1 saturated heterocycles. The highest BCUT2D eigenvalue weighted by atomic mass is 35.5. The van der Waals surface area contributed by atoms with Crippen LogP contribution in [-0.4, -0.2) is 48.3 Å². The fourth-order valence-corrected chi connectivity index (χ4v) is 2.25. The van der Waals surface area contributed by atoms with E-state index in [9.17, 15) is 9.50 Å². The van der Waals surface area contributed by atoms with Crippen molar-refractivity contribution in [1.82, 2.24) is 4.90 Å². The monoisotopic (exact) mass is 315 g/mol. The van der Waals surface area contributed by atoms with Crippen molar-refractivity contribution < 1.29 is 14.2 Å². The zero-order chi connectivity index (χ0) is 15.4. The molecule has 0 aliphatic carbocycles. The van der Waals surface area contributed by atoms with Crippen LogP contribution in [0.25, 0.3) is 0 Å². The predicted octanol–water partition coefficient (Wildman–Crippen LogP) is 1.55. The molecule has 0 amide bonds. The Kier molecular flexibility index (Phi) is 5.39. The van der Waals surface area contributed by atoms with E-state index in [2.05, 4.69) is 4.99 Å². The number of rotatable bonds is 3. The highest BCUT2D eigenvalue weighted by Crippen LogP contribution is 2.20. The molecule has 0 bridgehead atoms. The largest absolute Gasteiger partial charge is 0.386 e. The number of halogens is 2. The fourth-order valence-electron chi connectivity index (χ4n) is 2.13. The summed E-state index contributed by atoms with van der Waals surface area (Å²) in [6, 6.07) is 4.18. The standard InChI is InChI=1S/C14H19ClFN3O2/c1-9-8-19(4-5-21-9)14(17)18-7-13(20)10-2-3-11(15)12(16)6-10/h2-3,6,9,13,20H,4-5,7-8H2,1H3,(H2,17,18). The number of guanidine groups is 1. The minimum absolute atomic E-state index is 0.0243. The lowest BCUT2D eigenvalue weighted by atomic mass is 10.1. The normalized spacial score (nSPS) is 21.4. The second-order valence-corrected chi connectivity index (χ2v) is 5.42. The molecule has 0 spiro atoms. The fraction of sp³-hybridized carbons (Fsp3) is 0.500. The maximum atomic E-state index is 13.3. The quantitative estimate of drug-likeness (QED) is 0.656. The minimum Gasteiger partial charge on any atom is -0.386 e. The lowest BCUT2D eigenvalue weighted by molar-refractivity contribution is 0.00522. The number of aliphatic hydroxyl groups is 1. The molecule has 2 atom stereocenters. The van der Waals surface area contributed by atoms with Crippen LogP contribution in [0.5, 0.6) is 0 Å². The van der Waals surface area contributed by atoms with E-state index in [0.29, 0.717) is 31.2 Å². The molecule has 1 aromatic rings. The second-order valence-electron chi connectivity index (χ2n) is 5.02. The van der Waals surface area contributed by atoms with Crippen molar-refractivity contribution in [1.29, 1.82) is 0 Å². The van der Waals surface area contributed by atoms with Crippen molar-refractivity contribution in [2.24, 2.45) is 10.7 Å². The van der Waals surface area contributed by atoms with Gasteiger partial charge in [-0.2, -0.15) is 0 Å². The molecule has 3 N–H and O–H groups in total. The average Bonchev–Trinajstić information content (AvgIpc) is 2.47. The van der Waals surface area contributed by atoms with Gasteiger partial charge >= 0.3 is 0 Å². The van der Waals surface area contributed by atoms with Crippen molar-refractivity contribution >= 4 is 17.6 Å². The summed E-state index contributed by atoms with van der Waals surface area (Å²) in [6.45, 7) is 3.97. The van der Waals surface area contributed by atoms with Crippen LogP contribution in [-0.2, 0) is 4.74 Å². The van der Waals surface area contributed by atoms with E-state index in [1.807, 2.05) is 11.8 Å². The van der Waals surface area contributed by atoms with E-state index in [0.717, 1.165) is 0 Å². The molecule has 7 heteroatoms. The maximum Gasteiger partial charge on any atom is 0.191 e. The lowest BCUT2D eigenvalue weighted by Gasteiger charge is -2.31. The van der Waals surface area contributed by atoms with Crippen LogP contribution in [0.15, 0.2) is 23.2 Å². The Bertz CT molecular complexity index is 527. The molecule has 0 radical (unpaired) electrons. The number of aliphatic hydroxyl groups excluding tert-OH is 1. The van der Waals surface area contributed by atoms with E-state index in [4.69, 9.17) is 22.1 Å². The first-order chi connectivity index (χ1) is 9.97. The summed E-state index contributed by atoms with van der Waals surface area (Å²) in [4.78, 5) is 6.08. The van der Waals surface area contributed by atoms with E-state index < -0.39 is 11.9 Å². The molecule has 1 aromatic carbocycles. The van der Waals surface area contributed by atoms with Gasteiger partial charge < -0.3 is 20.5 Å². The van der Waals surface area contributed by atoms with E-state index in [1.165, 1.54) is 12.1 Å². The van der Waals surface area contributed by atoms with Gasteiger partial charge in [0.25, 0.3) is 0 Å². The van der Waals surface area contributed by atoms with Gasteiger partial charge in [0, 0.05) is 13.1 Å². The van der Waals surface area contributed by atoms with Crippen LogP contribution in [0.3, 0.4) is 0 Å². The molecule has 2 unspecified atom stereocenters. The lowest BCUT2D eigenvalue weighted by Crippen LogP contribution is -2.48. The maximum absolute atomic E-state index is 13.3. The van der Waals surface area contributed by atoms with Crippen LogP contribution in [0.4, 0.5) is 4.39 Å². The van der Waals surface area contributed by atoms with Crippen molar-refractivity contribution in [3.8, 4) is 0 Å². The third-order valence-electron chi connectivity index (χ3n) is 3.32. The first kappa shape index (κ1) is 16.0. The van der Waals surface area contributed by atoms with Gasteiger partial charge in [-0.25, -0.2) is 4.39 Å². The molecule has 0 saturated carbocycles. The third-order valence-corrected chi connectivity index (χ3v) is 3.63. The average molecular weight is 316 g/mol. The van der Waals surface area contributed by atoms with Gasteiger partial charge in [0.1, 0.15) is 5.82 Å². The Morgan fingerprint density at radius 2 is 2.43 bits per heavy atom. The predicted molar refractivity (Wildman–Crippen MR) is 79.8 cm³/mol. The first-order valence-corrected chi connectivity index (χ1v) is 7.14. The Morgan fingerprint density at radius 3 is 3.10 bits per heavy atom. The molecule has 5 nitrogen and oxygen atoms in total. The van der Waals surface area contributed by atoms with Crippen LogP contribution >= 0.6 is 11.6 Å². The number of benzene rings is 1.